The lowest BCUT2D eigenvalue weighted by Crippen LogP contribution is -2.44. The predicted octanol–water partition coefficient (Wildman–Crippen LogP) is 6.53. The number of carbonyl (C=O) groups excluding carboxylic acids is 1. The number of rotatable bonds is 10. The lowest BCUT2D eigenvalue weighted by atomic mass is 9.92. The first-order valence-electron chi connectivity index (χ1n) is 15.1. The van der Waals surface area contributed by atoms with E-state index in [1.165, 1.54) is 30.6 Å². The lowest BCUT2D eigenvalue weighted by Gasteiger charge is -2.33. The maximum absolute atomic E-state index is 14.6. The van der Waals surface area contributed by atoms with Gasteiger partial charge in [-0.1, -0.05) is 48.9 Å². The number of alkyl halides is 3. The quantitative estimate of drug-likeness (QED) is 0.202. The fourth-order valence-electron chi connectivity index (χ4n) is 5.94. The molecule has 1 unspecified atom stereocenters. The molecule has 1 amide bonds. The number of aromatic nitrogens is 2. The number of carbonyl (C=O) groups is 2. The van der Waals surface area contributed by atoms with Crippen molar-refractivity contribution in [2.75, 3.05) is 6.54 Å². The highest BCUT2D eigenvalue weighted by Crippen LogP contribution is 2.36. The van der Waals surface area contributed by atoms with Crippen LogP contribution in [-0.2, 0) is 30.4 Å². The normalized spacial score (nSPS) is 15.4. The van der Waals surface area contributed by atoms with Gasteiger partial charge in [-0.15, -0.1) is 0 Å². The molecule has 3 N–H and O–H groups in total. The Morgan fingerprint density at radius 1 is 1.04 bits per heavy atom. The largest absolute Gasteiger partial charge is 0.480 e. The summed E-state index contributed by atoms with van der Waals surface area (Å²) in [5.41, 5.74) is 8.07. The number of halogens is 3. The Morgan fingerprint density at radius 3 is 2.53 bits per heavy atom. The Balaban J connectivity index is 1.58. The van der Waals surface area contributed by atoms with Crippen LogP contribution in [-0.4, -0.2) is 44.4 Å². The van der Waals surface area contributed by atoms with E-state index in [0.29, 0.717) is 41.6 Å². The van der Waals surface area contributed by atoms with Crippen LogP contribution in [0, 0.1) is 11.3 Å². The van der Waals surface area contributed by atoms with E-state index in [9.17, 15) is 33.1 Å². The molecule has 0 saturated carbocycles. The Hall–Kier alpha value is -5.34. The number of hydrogen-bond donors (Lipinski definition) is 2. The molecule has 1 aliphatic heterocycles. The number of aliphatic carboxylic acids is 1. The number of nitriles is 1. The van der Waals surface area contributed by atoms with E-state index >= 15 is 0 Å². The van der Waals surface area contributed by atoms with Gasteiger partial charge in [-0.2, -0.15) is 18.4 Å². The number of likely N-dealkylation sites (tertiary alicyclic amines) is 1. The summed E-state index contributed by atoms with van der Waals surface area (Å²) < 4.78 is 43.8. The minimum atomic E-state index is -4.72. The third-order valence-corrected chi connectivity index (χ3v) is 8.31. The van der Waals surface area contributed by atoms with Gasteiger partial charge in [0.1, 0.15) is 12.1 Å². The van der Waals surface area contributed by atoms with Crippen molar-refractivity contribution in [3.8, 4) is 17.2 Å². The second-order valence-electron chi connectivity index (χ2n) is 11.4. The van der Waals surface area contributed by atoms with Crippen molar-refractivity contribution in [3.63, 3.8) is 0 Å². The molecule has 1 saturated heterocycles. The van der Waals surface area contributed by atoms with Crippen molar-refractivity contribution in [1.29, 1.82) is 5.26 Å². The van der Waals surface area contributed by atoms with Crippen LogP contribution in [0.25, 0.3) is 23.3 Å². The van der Waals surface area contributed by atoms with E-state index < -0.39 is 29.7 Å². The lowest BCUT2D eigenvalue weighted by molar-refractivity contribution is -0.145. The summed E-state index contributed by atoms with van der Waals surface area (Å²) in [6, 6.07) is 16.4. The molecule has 2 aromatic carbocycles. The van der Waals surface area contributed by atoms with Gasteiger partial charge in [0, 0.05) is 30.7 Å². The Kier molecular flexibility index (Phi) is 10.1. The van der Waals surface area contributed by atoms with Crippen LogP contribution >= 0.6 is 0 Å². The highest BCUT2D eigenvalue weighted by molar-refractivity contribution is 5.92. The zero-order valence-electron chi connectivity index (χ0n) is 25.4. The molecule has 0 radical (unpaired) electrons. The van der Waals surface area contributed by atoms with Gasteiger partial charge in [0.15, 0.2) is 0 Å². The van der Waals surface area contributed by atoms with Crippen LogP contribution in [0.5, 0.6) is 0 Å². The van der Waals surface area contributed by atoms with Gasteiger partial charge in [0.05, 0.1) is 22.4 Å². The summed E-state index contributed by atoms with van der Waals surface area (Å²) in [4.78, 5) is 33.8. The third-order valence-electron chi connectivity index (χ3n) is 8.31. The van der Waals surface area contributed by atoms with E-state index in [1.54, 1.807) is 23.2 Å². The molecule has 1 atom stereocenters. The van der Waals surface area contributed by atoms with E-state index in [4.69, 9.17) is 5.73 Å². The van der Waals surface area contributed by atoms with Gasteiger partial charge in [-0.05, 0) is 84.3 Å². The Labute approximate surface area is 270 Å². The van der Waals surface area contributed by atoms with Crippen LogP contribution < -0.4 is 5.73 Å². The number of aryl methyl sites for hydroxylation is 2. The van der Waals surface area contributed by atoms with Crippen LogP contribution in [0.4, 0.5) is 13.2 Å². The van der Waals surface area contributed by atoms with E-state index in [2.05, 4.69) is 16.0 Å². The number of benzene rings is 2. The van der Waals surface area contributed by atoms with Crippen LogP contribution in [0.2, 0.25) is 0 Å². The minimum absolute atomic E-state index is 0.0260. The number of carboxylic acids is 1. The second-order valence-corrected chi connectivity index (χ2v) is 11.4. The molecule has 1 fully saturated rings. The number of amides is 1. The summed E-state index contributed by atoms with van der Waals surface area (Å²) >= 11 is 0. The molecule has 1 aliphatic rings. The summed E-state index contributed by atoms with van der Waals surface area (Å²) in [5, 5.41) is 19.8. The zero-order chi connectivity index (χ0) is 33.6. The standard InChI is InChI=1S/C36H32F3N5O3/c37-36(38,39)31-18-28(22-44-15-5-4-8-33(44)35(46)47)25(10-9-23-16-27(34(41)45)21-42-20-23)17-26(31)11-12-32-30(19-40)29(13-14-43-32)24-6-2-1-3-7-24/h1-3,6-7,11-14,16-18,20-21,33H,4-5,8-10,15,22H2,(H2,41,45)(H,46,47)/b12-11+. The first-order valence-corrected chi connectivity index (χ1v) is 15.1. The predicted molar refractivity (Wildman–Crippen MR) is 171 cm³/mol. The second kappa shape index (κ2) is 14.4. The van der Waals surface area contributed by atoms with E-state index in [-0.39, 0.29) is 35.3 Å². The average Bonchev–Trinajstić information content (AvgIpc) is 3.06. The smallest absolute Gasteiger partial charge is 0.416 e. The van der Waals surface area contributed by atoms with Crippen molar-refractivity contribution < 1.29 is 27.9 Å². The summed E-state index contributed by atoms with van der Waals surface area (Å²) in [6.07, 6.45) is 4.93. The molecule has 5 rings (SSSR count). The number of pyridine rings is 2. The minimum Gasteiger partial charge on any atom is -0.480 e. The van der Waals surface area contributed by atoms with Gasteiger partial charge < -0.3 is 10.8 Å². The summed E-state index contributed by atoms with van der Waals surface area (Å²) in [5.74, 6) is -1.65. The fourth-order valence-corrected chi connectivity index (χ4v) is 5.94. The molecule has 8 nitrogen and oxygen atoms in total. The number of piperidine rings is 1. The van der Waals surface area contributed by atoms with Gasteiger partial charge in [0.2, 0.25) is 5.91 Å². The SMILES string of the molecule is N#Cc1c(-c2ccccc2)ccnc1/C=C/c1cc(CCc2cncc(C(N)=O)c2)c(CN2CCCCC2C(=O)O)cc1C(F)(F)F. The average molecular weight is 640 g/mol. The van der Waals surface area contributed by atoms with Gasteiger partial charge in [-0.25, -0.2) is 0 Å². The summed E-state index contributed by atoms with van der Waals surface area (Å²) in [7, 11) is 0. The molecule has 0 spiro atoms. The molecule has 2 aromatic heterocycles. The van der Waals surface area contributed by atoms with Crippen LogP contribution in [0.3, 0.4) is 0 Å². The molecule has 47 heavy (non-hydrogen) atoms. The van der Waals surface area contributed by atoms with Crippen molar-refractivity contribution in [2.45, 2.75) is 50.9 Å². The molecule has 3 heterocycles. The molecular weight excluding hydrogens is 607 g/mol. The molecule has 0 aliphatic carbocycles. The highest BCUT2D eigenvalue weighted by atomic mass is 19.4. The monoisotopic (exact) mass is 639 g/mol. The van der Waals surface area contributed by atoms with Gasteiger partial charge in [-0.3, -0.25) is 24.5 Å². The molecule has 4 aromatic rings. The van der Waals surface area contributed by atoms with Crippen molar-refractivity contribution in [1.82, 2.24) is 14.9 Å². The number of hydrogen-bond acceptors (Lipinski definition) is 6. The van der Waals surface area contributed by atoms with Crippen LogP contribution in [0.1, 0.15) is 68.7 Å². The topological polar surface area (TPSA) is 133 Å². The van der Waals surface area contributed by atoms with Crippen molar-refractivity contribution >= 4 is 24.0 Å². The molecule has 0 bridgehead atoms. The number of primary amides is 1. The first-order chi connectivity index (χ1) is 22.5. The third kappa shape index (κ3) is 7.91. The molecular formula is C36H32F3N5O3. The summed E-state index contributed by atoms with van der Waals surface area (Å²) in [6.45, 7) is 0.475. The van der Waals surface area contributed by atoms with E-state index in [1.807, 2.05) is 30.3 Å². The van der Waals surface area contributed by atoms with Gasteiger partial charge >= 0.3 is 12.1 Å². The van der Waals surface area contributed by atoms with Crippen LogP contribution in [0.15, 0.2) is 73.2 Å². The maximum Gasteiger partial charge on any atom is 0.416 e. The molecule has 240 valence electrons. The number of nitrogens with zero attached hydrogens (tertiary/aromatic N) is 4. The number of carboxylic acid groups (broad SMARTS) is 1. The van der Waals surface area contributed by atoms with E-state index in [0.717, 1.165) is 24.5 Å². The Morgan fingerprint density at radius 2 is 1.83 bits per heavy atom. The van der Waals surface area contributed by atoms with Crippen molar-refractivity contribution in [3.05, 3.63) is 118 Å². The maximum atomic E-state index is 14.6. The fraction of sp³-hybridized carbons (Fsp3) is 0.250. The number of nitrogens with two attached hydrogens (primary N) is 1. The first kappa shape index (κ1) is 33.0. The zero-order valence-corrected chi connectivity index (χ0v) is 25.4. The Bertz CT molecular complexity index is 1850. The van der Waals surface area contributed by atoms with Gasteiger partial charge in [0.25, 0.3) is 0 Å². The van der Waals surface area contributed by atoms with Crippen molar-refractivity contribution in [2.24, 2.45) is 5.73 Å². The molecule has 11 heteroatoms. The highest BCUT2D eigenvalue weighted by Gasteiger charge is 2.35.